The lowest BCUT2D eigenvalue weighted by atomic mass is 10.3. The number of rotatable bonds is 1. The Bertz CT molecular complexity index is 312. The van der Waals surface area contributed by atoms with Gasteiger partial charge in [-0.1, -0.05) is 0 Å². The van der Waals surface area contributed by atoms with Crippen LogP contribution in [0, 0.1) is 0 Å². The summed E-state index contributed by atoms with van der Waals surface area (Å²) in [4.78, 5) is 14.8. The van der Waals surface area contributed by atoms with Crippen molar-refractivity contribution in [2.75, 3.05) is 0 Å². The molecule has 2 aliphatic rings. The van der Waals surface area contributed by atoms with Crippen LogP contribution >= 0.6 is 0 Å². The van der Waals surface area contributed by atoms with Crippen LogP contribution in [0.1, 0.15) is 0 Å². The third-order valence-electron chi connectivity index (χ3n) is 1.78. The smallest absolute Gasteiger partial charge is 0.233 e. The molecule has 0 radical (unpaired) electrons. The van der Waals surface area contributed by atoms with Crippen molar-refractivity contribution in [2.45, 2.75) is 0 Å². The van der Waals surface area contributed by atoms with Gasteiger partial charge in [-0.05, 0) is 12.2 Å². The predicted octanol–water partition coefficient (Wildman–Crippen LogP) is 0.926. The highest BCUT2D eigenvalue weighted by Crippen LogP contribution is 2.18. The summed E-state index contributed by atoms with van der Waals surface area (Å²) in [6, 6.07) is 0. The van der Waals surface area contributed by atoms with Crippen molar-refractivity contribution in [1.82, 2.24) is 0 Å². The molecule has 0 bridgehead atoms. The maximum atomic E-state index is 10.7. The lowest BCUT2D eigenvalue weighted by Crippen LogP contribution is -2.39. The number of amides is 1. The van der Waals surface area contributed by atoms with E-state index in [9.17, 15) is 4.79 Å². The molecule has 2 aliphatic heterocycles. The Balaban J connectivity index is 2.54. The Kier molecular flexibility index (Phi) is 1.14. The van der Waals surface area contributed by atoms with E-state index in [1.54, 1.807) is 18.6 Å². The van der Waals surface area contributed by atoms with Crippen LogP contribution in [-0.2, 0) is 4.79 Å². The maximum Gasteiger partial charge on any atom is 0.317 e. The first-order chi connectivity index (χ1) is 5.37. The first-order valence-electron chi connectivity index (χ1n) is 3.34. The van der Waals surface area contributed by atoms with Crippen molar-refractivity contribution < 1.29 is 9.28 Å². The Morgan fingerprint density at radius 3 is 3.00 bits per heavy atom. The molecule has 2 heterocycles. The minimum atomic E-state index is 0.108. The third kappa shape index (κ3) is 0.714. The summed E-state index contributed by atoms with van der Waals surface area (Å²) in [7, 11) is 0. The zero-order valence-corrected chi connectivity index (χ0v) is 5.84. The lowest BCUT2D eigenvalue weighted by Gasteiger charge is -2.19. The minimum Gasteiger partial charge on any atom is -0.233 e. The summed E-state index contributed by atoms with van der Waals surface area (Å²) < 4.78 is 0.108. The second kappa shape index (κ2) is 2.00. The molecule has 0 aromatic carbocycles. The van der Waals surface area contributed by atoms with Gasteiger partial charge in [-0.3, -0.25) is 0 Å². The molecule has 0 aromatic rings. The molecule has 3 heteroatoms. The van der Waals surface area contributed by atoms with Gasteiger partial charge >= 0.3 is 6.41 Å². The average Bonchev–Trinajstić information content (AvgIpc) is 2.48. The molecule has 0 fully saturated rings. The second-order valence-corrected chi connectivity index (χ2v) is 2.43. The molecule has 0 saturated carbocycles. The van der Waals surface area contributed by atoms with Crippen LogP contribution < -0.4 is 0 Å². The largest absolute Gasteiger partial charge is 0.317 e. The summed E-state index contributed by atoms with van der Waals surface area (Å²) in [5, 5.41) is 0. The van der Waals surface area contributed by atoms with Crippen LogP contribution in [0.3, 0.4) is 0 Å². The van der Waals surface area contributed by atoms with E-state index in [1.165, 1.54) is 0 Å². The van der Waals surface area contributed by atoms with Crippen molar-refractivity contribution in [3.63, 3.8) is 0 Å². The number of amidine groups is 1. The fourth-order valence-electron chi connectivity index (χ4n) is 1.15. The van der Waals surface area contributed by atoms with E-state index in [0.717, 1.165) is 12.2 Å². The highest BCUT2D eigenvalue weighted by Gasteiger charge is 2.32. The predicted molar refractivity (Wildman–Crippen MR) is 41.2 cm³/mol. The topological polar surface area (TPSA) is 29.4 Å². The van der Waals surface area contributed by atoms with Crippen molar-refractivity contribution in [3.05, 3.63) is 36.8 Å². The van der Waals surface area contributed by atoms with Gasteiger partial charge in [0, 0.05) is 6.08 Å². The Labute approximate surface area is 64.2 Å². The van der Waals surface area contributed by atoms with Gasteiger partial charge in [0.25, 0.3) is 0 Å². The lowest BCUT2D eigenvalue weighted by molar-refractivity contribution is -0.632. The molecule has 2 rings (SSSR count). The quantitative estimate of drug-likeness (QED) is 0.400. The van der Waals surface area contributed by atoms with Gasteiger partial charge in [-0.15, -0.1) is 0 Å². The highest BCUT2D eigenvalue weighted by molar-refractivity contribution is 5.94. The van der Waals surface area contributed by atoms with Crippen molar-refractivity contribution >= 4 is 12.2 Å². The zero-order valence-electron chi connectivity index (χ0n) is 5.84. The highest BCUT2D eigenvalue weighted by atomic mass is 16.1. The van der Waals surface area contributed by atoms with E-state index in [2.05, 4.69) is 4.99 Å². The summed E-state index contributed by atoms with van der Waals surface area (Å²) in [5.74, 6) is 0.752. The standard InChI is InChI=1S/C8H7N2O/c11-7-10-5-2-1-3-8(10)9-4-6-10/h1-7H/q+1. The summed E-state index contributed by atoms with van der Waals surface area (Å²) in [6.45, 7) is 0. The fraction of sp³-hybridized carbons (Fsp3) is 0. The monoisotopic (exact) mass is 147 g/mol. The average molecular weight is 147 g/mol. The van der Waals surface area contributed by atoms with E-state index in [1.807, 2.05) is 18.2 Å². The molecule has 54 valence electrons. The molecule has 0 N–H and O–H groups in total. The van der Waals surface area contributed by atoms with Crippen LogP contribution in [0.4, 0.5) is 0 Å². The molecule has 0 spiro atoms. The van der Waals surface area contributed by atoms with Gasteiger partial charge in [-0.2, -0.15) is 9.48 Å². The molecule has 0 saturated heterocycles. The first-order valence-corrected chi connectivity index (χ1v) is 3.34. The molecule has 1 unspecified atom stereocenters. The van der Waals surface area contributed by atoms with Crippen molar-refractivity contribution in [2.24, 2.45) is 4.99 Å². The Hall–Kier alpha value is -1.48. The molecule has 1 atom stereocenters. The number of hydrogen-bond acceptors (Lipinski definition) is 2. The molecule has 0 aliphatic carbocycles. The van der Waals surface area contributed by atoms with Crippen LogP contribution in [0.25, 0.3) is 0 Å². The van der Waals surface area contributed by atoms with Crippen molar-refractivity contribution in [1.29, 1.82) is 0 Å². The van der Waals surface area contributed by atoms with E-state index in [-0.39, 0.29) is 4.48 Å². The molecular formula is C8H7N2O+. The number of allylic oxidation sites excluding steroid dienone is 2. The molecule has 1 amide bonds. The van der Waals surface area contributed by atoms with Crippen LogP contribution in [-0.4, -0.2) is 16.7 Å². The van der Waals surface area contributed by atoms with Gasteiger partial charge in [0.1, 0.15) is 12.4 Å². The zero-order chi connectivity index (χ0) is 7.73. The van der Waals surface area contributed by atoms with E-state index in [0.29, 0.717) is 0 Å². The van der Waals surface area contributed by atoms with Crippen LogP contribution in [0.2, 0.25) is 0 Å². The molecule has 11 heavy (non-hydrogen) atoms. The second-order valence-electron chi connectivity index (χ2n) is 2.43. The van der Waals surface area contributed by atoms with Gasteiger partial charge in [0.05, 0.1) is 6.20 Å². The van der Waals surface area contributed by atoms with Crippen LogP contribution in [0.15, 0.2) is 41.8 Å². The molecule has 0 aromatic heterocycles. The van der Waals surface area contributed by atoms with Gasteiger partial charge in [0.2, 0.25) is 5.84 Å². The van der Waals surface area contributed by atoms with Gasteiger partial charge in [0.15, 0.2) is 0 Å². The van der Waals surface area contributed by atoms with E-state index >= 15 is 0 Å². The van der Waals surface area contributed by atoms with Crippen molar-refractivity contribution in [3.8, 4) is 0 Å². The molecular weight excluding hydrogens is 140 g/mol. The van der Waals surface area contributed by atoms with Gasteiger partial charge in [-0.25, -0.2) is 4.79 Å². The third-order valence-corrected chi connectivity index (χ3v) is 1.78. The number of hydrogen-bond donors (Lipinski definition) is 0. The van der Waals surface area contributed by atoms with Gasteiger partial charge < -0.3 is 0 Å². The minimum absolute atomic E-state index is 0.108. The number of aliphatic imine (C=N–C) groups is 1. The summed E-state index contributed by atoms with van der Waals surface area (Å²) >= 11 is 0. The molecule has 3 nitrogen and oxygen atoms in total. The number of quaternary nitrogens is 1. The van der Waals surface area contributed by atoms with E-state index in [4.69, 9.17) is 0 Å². The fourth-order valence-corrected chi connectivity index (χ4v) is 1.15. The normalized spacial score (nSPS) is 31.8. The first kappa shape index (κ1) is 6.24. The number of fused-ring (bicyclic) bond motifs is 1. The maximum absolute atomic E-state index is 10.7. The summed E-state index contributed by atoms with van der Waals surface area (Å²) in [6.07, 6.45) is 11.5. The SMILES string of the molecule is O=C[N+]12C=CC=CC1=NC=C2. The van der Waals surface area contributed by atoms with E-state index < -0.39 is 0 Å². The number of carbonyl (C=O) groups excluding carboxylic acids is 1. The van der Waals surface area contributed by atoms with Crippen LogP contribution in [0.5, 0.6) is 0 Å². The number of carbonyl (C=O) groups is 1. The number of nitrogens with zero attached hydrogens (tertiary/aromatic N) is 2. The Morgan fingerprint density at radius 1 is 1.36 bits per heavy atom. The Morgan fingerprint density at radius 2 is 2.27 bits per heavy atom. The summed E-state index contributed by atoms with van der Waals surface area (Å²) in [5.41, 5.74) is 0.